The maximum Gasteiger partial charge on any atom is 0.240 e. The van der Waals surface area contributed by atoms with Crippen molar-refractivity contribution < 1.29 is 12.6 Å². The standard InChI is InChI=1S/C11H17N3O3S2/c12-8-1-2-10(11(7-8)19(13,16)17)14-9-3-5-18(15)6-4-9/h1-2,7,9,14H,3-6,12H2,(H2,13,16,17). The lowest BCUT2D eigenvalue weighted by Crippen LogP contribution is -2.30. The molecule has 0 atom stereocenters. The molecule has 1 aliphatic rings. The SMILES string of the molecule is Nc1ccc(NC2CCS(=O)CC2)c(S(N)(=O)=O)c1. The lowest BCUT2D eigenvalue weighted by atomic mass is 10.1. The van der Waals surface area contributed by atoms with Crippen LogP contribution in [0.15, 0.2) is 23.1 Å². The van der Waals surface area contributed by atoms with Crippen LogP contribution in [-0.2, 0) is 20.8 Å². The molecule has 0 spiro atoms. The molecule has 2 rings (SSSR count). The number of hydrogen-bond acceptors (Lipinski definition) is 5. The molecule has 0 bridgehead atoms. The highest BCUT2D eigenvalue weighted by atomic mass is 32.2. The molecular formula is C11H17N3O3S2. The average molecular weight is 303 g/mol. The number of anilines is 2. The van der Waals surface area contributed by atoms with Gasteiger partial charge in [-0.2, -0.15) is 0 Å². The summed E-state index contributed by atoms with van der Waals surface area (Å²) < 4.78 is 34.3. The molecule has 1 fully saturated rings. The lowest BCUT2D eigenvalue weighted by molar-refractivity contribution is 0.596. The molecule has 5 N–H and O–H groups in total. The van der Waals surface area contributed by atoms with Gasteiger partial charge in [-0.25, -0.2) is 13.6 Å². The predicted molar refractivity (Wildman–Crippen MR) is 76.7 cm³/mol. The third kappa shape index (κ3) is 3.68. The molecule has 0 unspecified atom stereocenters. The van der Waals surface area contributed by atoms with Crippen LogP contribution in [0.1, 0.15) is 12.8 Å². The minimum Gasteiger partial charge on any atom is -0.399 e. The zero-order chi connectivity index (χ0) is 14.0. The Balaban J connectivity index is 2.23. The van der Waals surface area contributed by atoms with Crippen LogP contribution in [0.3, 0.4) is 0 Å². The van der Waals surface area contributed by atoms with Gasteiger partial charge >= 0.3 is 0 Å². The van der Waals surface area contributed by atoms with Gasteiger partial charge in [-0.05, 0) is 31.0 Å². The molecule has 1 aromatic carbocycles. The minimum absolute atomic E-state index is 0.000745. The first-order chi connectivity index (χ1) is 8.86. The van der Waals surface area contributed by atoms with Crippen LogP contribution < -0.4 is 16.2 Å². The van der Waals surface area contributed by atoms with Gasteiger partial charge in [0.05, 0.1) is 5.69 Å². The van der Waals surface area contributed by atoms with Crippen molar-refractivity contribution in [3.63, 3.8) is 0 Å². The summed E-state index contributed by atoms with van der Waals surface area (Å²) in [6, 6.07) is 4.69. The van der Waals surface area contributed by atoms with Gasteiger partial charge in [0, 0.05) is 34.0 Å². The molecule has 8 heteroatoms. The van der Waals surface area contributed by atoms with Crippen LogP contribution in [0.4, 0.5) is 11.4 Å². The van der Waals surface area contributed by atoms with Gasteiger partial charge in [-0.1, -0.05) is 0 Å². The molecule has 19 heavy (non-hydrogen) atoms. The van der Waals surface area contributed by atoms with E-state index in [-0.39, 0.29) is 10.9 Å². The summed E-state index contributed by atoms with van der Waals surface area (Å²) in [5, 5.41) is 8.34. The van der Waals surface area contributed by atoms with E-state index < -0.39 is 20.8 Å². The Morgan fingerprint density at radius 3 is 2.47 bits per heavy atom. The van der Waals surface area contributed by atoms with Gasteiger partial charge < -0.3 is 11.1 Å². The molecular weight excluding hydrogens is 286 g/mol. The van der Waals surface area contributed by atoms with Crippen LogP contribution in [0.2, 0.25) is 0 Å². The second-order valence-electron chi connectivity index (χ2n) is 4.57. The number of rotatable bonds is 3. The molecule has 0 radical (unpaired) electrons. The zero-order valence-corrected chi connectivity index (χ0v) is 12.0. The first-order valence-electron chi connectivity index (χ1n) is 5.90. The Labute approximate surface area is 115 Å². The van der Waals surface area contributed by atoms with Gasteiger partial charge in [-0.15, -0.1) is 0 Å². The van der Waals surface area contributed by atoms with Crippen molar-refractivity contribution in [1.82, 2.24) is 0 Å². The van der Waals surface area contributed by atoms with E-state index in [9.17, 15) is 12.6 Å². The molecule has 1 aliphatic heterocycles. The molecule has 106 valence electrons. The molecule has 1 saturated heterocycles. The smallest absolute Gasteiger partial charge is 0.240 e. The number of nitrogens with one attached hydrogen (secondary N) is 1. The third-order valence-corrected chi connectivity index (χ3v) is 5.39. The second-order valence-corrected chi connectivity index (χ2v) is 7.79. The van der Waals surface area contributed by atoms with Gasteiger partial charge in [0.1, 0.15) is 4.90 Å². The van der Waals surface area contributed by atoms with E-state index >= 15 is 0 Å². The normalized spacial score (nSPS) is 24.1. The van der Waals surface area contributed by atoms with E-state index in [4.69, 9.17) is 10.9 Å². The Hall–Kier alpha value is -1.12. The first kappa shape index (κ1) is 14.3. The van der Waals surface area contributed by atoms with Crippen LogP contribution in [0.25, 0.3) is 0 Å². The largest absolute Gasteiger partial charge is 0.399 e. The number of nitrogen functional groups attached to an aromatic ring is 1. The fourth-order valence-corrected chi connectivity index (χ4v) is 4.08. The monoisotopic (exact) mass is 303 g/mol. The van der Waals surface area contributed by atoms with E-state index in [0.717, 1.165) is 12.8 Å². The summed E-state index contributed by atoms with van der Waals surface area (Å²) in [5.41, 5.74) is 6.39. The highest BCUT2D eigenvalue weighted by Gasteiger charge is 2.21. The van der Waals surface area contributed by atoms with Crippen LogP contribution in [0.5, 0.6) is 0 Å². The zero-order valence-electron chi connectivity index (χ0n) is 10.3. The average Bonchev–Trinajstić information content (AvgIpc) is 2.33. The highest BCUT2D eigenvalue weighted by molar-refractivity contribution is 7.89. The summed E-state index contributed by atoms with van der Waals surface area (Å²) in [6.45, 7) is 0. The summed E-state index contributed by atoms with van der Waals surface area (Å²) in [6.07, 6.45) is 1.50. The Bertz CT molecular complexity index is 591. The van der Waals surface area contributed by atoms with Crippen molar-refractivity contribution in [2.45, 2.75) is 23.8 Å². The van der Waals surface area contributed by atoms with Gasteiger partial charge in [0.25, 0.3) is 0 Å². The van der Waals surface area contributed by atoms with Crippen molar-refractivity contribution in [3.8, 4) is 0 Å². The number of primary sulfonamides is 1. The van der Waals surface area contributed by atoms with Gasteiger partial charge in [0.15, 0.2) is 0 Å². The number of hydrogen-bond donors (Lipinski definition) is 3. The maximum atomic E-state index is 11.5. The Kier molecular flexibility index (Phi) is 4.12. The van der Waals surface area contributed by atoms with E-state index in [1.165, 1.54) is 6.07 Å². The predicted octanol–water partition coefficient (Wildman–Crippen LogP) is 0.239. The van der Waals surface area contributed by atoms with Crippen molar-refractivity contribution in [3.05, 3.63) is 18.2 Å². The van der Waals surface area contributed by atoms with Crippen molar-refractivity contribution >= 4 is 32.2 Å². The molecule has 1 aromatic rings. The topological polar surface area (TPSA) is 115 Å². The highest BCUT2D eigenvalue weighted by Crippen LogP contribution is 2.25. The fourth-order valence-electron chi connectivity index (χ4n) is 2.05. The summed E-state index contributed by atoms with van der Waals surface area (Å²) in [7, 11) is -4.57. The summed E-state index contributed by atoms with van der Waals surface area (Å²) >= 11 is 0. The number of benzene rings is 1. The molecule has 0 amide bonds. The van der Waals surface area contributed by atoms with Gasteiger partial charge in [0.2, 0.25) is 10.0 Å². The third-order valence-electron chi connectivity index (χ3n) is 3.06. The van der Waals surface area contributed by atoms with E-state index in [2.05, 4.69) is 5.32 Å². The van der Waals surface area contributed by atoms with Crippen molar-refractivity contribution in [1.29, 1.82) is 0 Å². The van der Waals surface area contributed by atoms with Crippen LogP contribution in [-0.4, -0.2) is 30.2 Å². The van der Waals surface area contributed by atoms with Crippen LogP contribution in [0, 0.1) is 0 Å². The Morgan fingerprint density at radius 2 is 1.89 bits per heavy atom. The maximum absolute atomic E-state index is 11.5. The van der Waals surface area contributed by atoms with E-state index in [0.29, 0.717) is 22.9 Å². The second kappa shape index (κ2) is 5.48. The minimum atomic E-state index is -3.82. The molecule has 0 aliphatic carbocycles. The summed E-state index contributed by atoms with van der Waals surface area (Å²) in [5.74, 6) is 1.27. The van der Waals surface area contributed by atoms with E-state index in [1.807, 2.05) is 0 Å². The molecule has 0 saturated carbocycles. The van der Waals surface area contributed by atoms with Crippen LogP contribution >= 0.6 is 0 Å². The first-order valence-corrected chi connectivity index (χ1v) is 8.93. The molecule has 1 heterocycles. The van der Waals surface area contributed by atoms with Gasteiger partial charge in [-0.3, -0.25) is 4.21 Å². The van der Waals surface area contributed by atoms with Crippen molar-refractivity contribution in [2.75, 3.05) is 22.6 Å². The molecule has 0 aromatic heterocycles. The number of nitrogens with two attached hydrogens (primary N) is 2. The lowest BCUT2D eigenvalue weighted by Gasteiger charge is -2.24. The Morgan fingerprint density at radius 1 is 1.26 bits per heavy atom. The summed E-state index contributed by atoms with van der Waals surface area (Å²) in [4.78, 5) is -0.000745. The quantitative estimate of drug-likeness (QED) is 0.692. The number of sulfonamides is 1. The fraction of sp³-hybridized carbons (Fsp3) is 0.455. The van der Waals surface area contributed by atoms with Crippen molar-refractivity contribution in [2.24, 2.45) is 5.14 Å². The molecule has 6 nitrogen and oxygen atoms in total. The van der Waals surface area contributed by atoms with E-state index in [1.54, 1.807) is 12.1 Å².